The van der Waals surface area contributed by atoms with E-state index in [9.17, 15) is 18.4 Å². The molecule has 1 heterocycles. The number of rotatable bonds is 4. The maximum Gasteiger partial charge on any atom is 0.305 e. The van der Waals surface area contributed by atoms with Crippen LogP contribution in [-0.4, -0.2) is 34.5 Å². The Kier molecular flexibility index (Phi) is 4.33. The third-order valence-electron chi connectivity index (χ3n) is 4.80. The van der Waals surface area contributed by atoms with Crippen molar-refractivity contribution >= 4 is 11.9 Å². The summed E-state index contributed by atoms with van der Waals surface area (Å²) in [6.45, 7) is 0.581. The lowest BCUT2D eigenvalue weighted by Crippen LogP contribution is -2.45. The largest absolute Gasteiger partial charge is 0.481 e. The van der Waals surface area contributed by atoms with Gasteiger partial charge in [-0.15, -0.1) is 0 Å². The third-order valence-corrected chi connectivity index (χ3v) is 4.80. The smallest absolute Gasteiger partial charge is 0.305 e. The van der Waals surface area contributed by atoms with E-state index in [2.05, 4.69) is 0 Å². The lowest BCUT2D eigenvalue weighted by Gasteiger charge is -2.35. The lowest BCUT2D eigenvalue weighted by molar-refractivity contribution is -0.142. The minimum atomic E-state index is -0.901. The van der Waals surface area contributed by atoms with Crippen LogP contribution in [0.5, 0.6) is 0 Å². The molecule has 1 amide bonds. The van der Waals surface area contributed by atoms with Crippen LogP contribution in [-0.2, 0) is 9.59 Å². The molecule has 0 unspecified atom stereocenters. The van der Waals surface area contributed by atoms with Crippen molar-refractivity contribution in [3.05, 3.63) is 35.4 Å². The maximum absolute atomic E-state index is 13.3. The molecule has 1 N–H and O–H groups in total. The molecule has 6 heteroatoms. The summed E-state index contributed by atoms with van der Waals surface area (Å²) in [6, 6.07) is 3.50. The fraction of sp³-hybridized carbons (Fsp3) is 0.529. The van der Waals surface area contributed by atoms with Gasteiger partial charge in [0, 0.05) is 18.5 Å². The van der Waals surface area contributed by atoms with Gasteiger partial charge in [-0.05, 0) is 49.3 Å². The fourth-order valence-electron chi connectivity index (χ4n) is 3.50. The molecular formula is C17H19F2NO3. The standard InChI is InChI=1S/C17H19F2NO3/c18-14-5-4-10(7-15(14)19)12-9-13(12)17(23)20-6-2-1-3-11(20)8-16(21)22/h4-5,7,11-13H,1-3,6,8-9H2,(H,21,22)/t11-,12+,13+/m0/s1. The van der Waals surface area contributed by atoms with Gasteiger partial charge in [-0.3, -0.25) is 9.59 Å². The second-order valence-electron chi connectivity index (χ2n) is 6.40. The number of halogens is 2. The van der Waals surface area contributed by atoms with Crippen molar-refractivity contribution < 1.29 is 23.5 Å². The number of benzene rings is 1. The van der Waals surface area contributed by atoms with E-state index in [-0.39, 0.29) is 30.2 Å². The molecule has 23 heavy (non-hydrogen) atoms. The molecule has 0 aromatic heterocycles. The van der Waals surface area contributed by atoms with E-state index in [0.717, 1.165) is 25.0 Å². The van der Waals surface area contributed by atoms with Crippen LogP contribution in [0.1, 0.15) is 43.6 Å². The average Bonchev–Trinajstić information content (AvgIpc) is 3.30. The van der Waals surface area contributed by atoms with Gasteiger partial charge >= 0.3 is 5.97 Å². The van der Waals surface area contributed by atoms with Crippen LogP contribution in [0.2, 0.25) is 0 Å². The van der Waals surface area contributed by atoms with Crippen molar-refractivity contribution in [3.63, 3.8) is 0 Å². The zero-order chi connectivity index (χ0) is 16.6. The number of nitrogens with zero attached hydrogens (tertiary/aromatic N) is 1. The summed E-state index contributed by atoms with van der Waals surface area (Å²) >= 11 is 0. The van der Waals surface area contributed by atoms with Gasteiger partial charge in [-0.25, -0.2) is 8.78 Å². The van der Waals surface area contributed by atoms with Gasteiger partial charge in [-0.1, -0.05) is 6.07 Å². The Labute approximate surface area is 133 Å². The summed E-state index contributed by atoms with van der Waals surface area (Å²) < 4.78 is 26.3. The zero-order valence-corrected chi connectivity index (χ0v) is 12.7. The Hall–Kier alpha value is -1.98. The SMILES string of the molecule is O=C(O)C[C@@H]1CCCCN1C(=O)[C@@H]1C[C@@H]1c1ccc(F)c(F)c1. The van der Waals surface area contributed by atoms with Crippen LogP contribution in [0.4, 0.5) is 8.78 Å². The van der Waals surface area contributed by atoms with Crippen LogP contribution >= 0.6 is 0 Å². The van der Waals surface area contributed by atoms with Gasteiger partial charge in [0.15, 0.2) is 11.6 Å². The summed E-state index contributed by atoms with van der Waals surface area (Å²) in [5.41, 5.74) is 0.633. The summed E-state index contributed by atoms with van der Waals surface area (Å²) in [7, 11) is 0. The first kappa shape index (κ1) is 15.9. The van der Waals surface area contributed by atoms with Crippen molar-refractivity contribution in [2.24, 2.45) is 5.92 Å². The van der Waals surface area contributed by atoms with E-state index in [4.69, 9.17) is 5.11 Å². The summed E-state index contributed by atoms with van der Waals surface area (Å²) in [4.78, 5) is 25.3. The number of amides is 1. The van der Waals surface area contributed by atoms with E-state index >= 15 is 0 Å². The monoisotopic (exact) mass is 323 g/mol. The first-order chi connectivity index (χ1) is 11.0. The van der Waals surface area contributed by atoms with E-state index in [1.165, 1.54) is 6.07 Å². The predicted molar refractivity (Wildman–Crippen MR) is 78.8 cm³/mol. The normalized spacial score (nSPS) is 26.9. The van der Waals surface area contributed by atoms with Crippen LogP contribution in [0.25, 0.3) is 0 Å². The van der Waals surface area contributed by atoms with Crippen molar-refractivity contribution in [2.75, 3.05) is 6.54 Å². The molecule has 3 rings (SSSR count). The zero-order valence-electron chi connectivity index (χ0n) is 12.7. The molecule has 1 saturated heterocycles. The summed E-state index contributed by atoms with van der Waals surface area (Å²) in [5, 5.41) is 8.99. The molecule has 3 atom stereocenters. The Balaban J connectivity index is 1.68. The highest BCUT2D eigenvalue weighted by atomic mass is 19.2. The van der Waals surface area contributed by atoms with Crippen molar-refractivity contribution in [1.29, 1.82) is 0 Å². The molecule has 0 radical (unpaired) electrons. The van der Waals surface area contributed by atoms with Gasteiger partial charge in [0.1, 0.15) is 0 Å². The molecule has 1 saturated carbocycles. The highest BCUT2D eigenvalue weighted by Crippen LogP contribution is 2.49. The van der Waals surface area contributed by atoms with E-state index in [1.807, 2.05) is 0 Å². The van der Waals surface area contributed by atoms with Gasteiger partial charge in [0.25, 0.3) is 0 Å². The number of carboxylic acid groups (broad SMARTS) is 1. The number of piperidine rings is 1. The molecule has 0 spiro atoms. The number of carbonyl (C=O) groups excluding carboxylic acids is 1. The molecule has 2 aliphatic rings. The molecular weight excluding hydrogens is 304 g/mol. The number of hydrogen-bond acceptors (Lipinski definition) is 2. The first-order valence-electron chi connectivity index (χ1n) is 7.94. The van der Waals surface area contributed by atoms with Gasteiger partial charge in [0.05, 0.1) is 6.42 Å². The van der Waals surface area contributed by atoms with Crippen molar-refractivity contribution in [1.82, 2.24) is 4.90 Å². The Morgan fingerprint density at radius 3 is 2.70 bits per heavy atom. The van der Waals surface area contributed by atoms with Gasteiger partial charge in [-0.2, -0.15) is 0 Å². The van der Waals surface area contributed by atoms with Crippen molar-refractivity contribution in [3.8, 4) is 0 Å². The first-order valence-corrected chi connectivity index (χ1v) is 7.94. The topological polar surface area (TPSA) is 57.6 Å². The number of carboxylic acids is 1. The van der Waals surface area contributed by atoms with Gasteiger partial charge in [0.2, 0.25) is 5.91 Å². The summed E-state index contributed by atoms with van der Waals surface area (Å²) in [6.07, 6.45) is 3.10. The third kappa shape index (κ3) is 3.35. The summed E-state index contributed by atoms with van der Waals surface area (Å²) in [5.74, 6) is -3.08. The van der Waals surface area contributed by atoms with Crippen LogP contribution in [0.15, 0.2) is 18.2 Å². The molecule has 4 nitrogen and oxygen atoms in total. The molecule has 1 aromatic carbocycles. The Bertz CT molecular complexity index is 634. The highest BCUT2D eigenvalue weighted by Gasteiger charge is 2.47. The lowest BCUT2D eigenvalue weighted by atomic mass is 9.98. The number of aliphatic carboxylic acids is 1. The van der Waals surface area contributed by atoms with Gasteiger partial charge < -0.3 is 10.0 Å². The van der Waals surface area contributed by atoms with Crippen molar-refractivity contribution in [2.45, 2.75) is 44.1 Å². The van der Waals surface area contributed by atoms with Crippen LogP contribution < -0.4 is 0 Å². The minimum Gasteiger partial charge on any atom is -0.481 e. The molecule has 0 bridgehead atoms. The molecule has 124 valence electrons. The Morgan fingerprint density at radius 1 is 1.22 bits per heavy atom. The quantitative estimate of drug-likeness (QED) is 0.927. The van der Waals surface area contributed by atoms with Crippen LogP contribution in [0.3, 0.4) is 0 Å². The number of carbonyl (C=O) groups is 2. The minimum absolute atomic E-state index is 0.0334. The number of likely N-dealkylation sites (tertiary alicyclic amines) is 1. The maximum atomic E-state index is 13.3. The second-order valence-corrected chi connectivity index (χ2v) is 6.40. The van der Waals surface area contributed by atoms with E-state index in [0.29, 0.717) is 24.9 Å². The molecule has 2 fully saturated rings. The highest BCUT2D eigenvalue weighted by molar-refractivity contribution is 5.84. The number of hydrogen-bond donors (Lipinski definition) is 1. The molecule has 1 aromatic rings. The average molecular weight is 323 g/mol. The fourth-order valence-corrected chi connectivity index (χ4v) is 3.50. The predicted octanol–water partition coefficient (Wildman–Crippen LogP) is 2.92. The van der Waals surface area contributed by atoms with E-state index < -0.39 is 17.6 Å². The molecule has 1 aliphatic heterocycles. The second kappa shape index (κ2) is 6.26. The Morgan fingerprint density at radius 2 is 2.00 bits per heavy atom. The molecule has 1 aliphatic carbocycles. The van der Waals surface area contributed by atoms with E-state index in [1.54, 1.807) is 4.90 Å². The van der Waals surface area contributed by atoms with Crippen LogP contribution in [0, 0.1) is 17.6 Å².